The van der Waals surface area contributed by atoms with E-state index in [4.69, 9.17) is 20.4 Å². The number of thioether (sulfide) groups is 1. The van der Waals surface area contributed by atoms with Crippen LogP contribution in [0.2, 0.25) is 0 Å². The summed E-state index contributed by atoms with van der Waals surface area (Å²) in [5, 5.41) is 34.6. The molecule has 2 aliphatic rings. The van der Waals surface area contributed by atoms with Crippen molar-refractivity contribution in [3.05, 3.63) is 125 Å². The molecule has 0 aromatic heterocycles. The Hall–Kier alpha value is -5.24. The number of aliphatic carboxylic acids is 4. The van der Waals surface area contributed by atoms with Crippen LogP contribution in [0.5, 0.6) is 0 Å². The molecule has 0 radical (unpaired) electrons. The molecule has 13 heteroatoms. The van der Waals surface area contributed by atoms with Crippen molar-refractivity contribution in [2.75, 3.05) is 32.7 Å². The van der Waals surface area contributed by atoms with E-state index in [9.17, 15) is 24.0 Å². The summed E-state index contributed by atoms with van der Waals surface area (Å²) in [5.41, 5.74) is 5.12. The summed E-state index contributed by atoms with van der Waals surface area (Å²) in [6, 6.07) is 27.6. The van der Waals surface area contributed by atoms with E-state index in [1.165, 1.54) is 27.1 Å². The van der Waals surface area contributed by atoms with Crippen molar-refractivity contribution in [1.82, 2.24) is 15.1 Å². The smallest absolute Gasteiger partial charge is 0.328 e. The van der Waals surface area contributed by atoms with E-state index >= 15 is 0 Å². The lowest BCUT2D eigenvalue weighted by atomic mass is 9.95. The van der Waals surface area contributed by atoms with E-state index < -0.39 is 23.9 Å². The average molecular weight is 704 g/mol. The van der Waals surface area contributed by atoms with Gasteiger partial charge in [-0.1, -0.05) is 72.8 Å². The second kappa shape index (κ2) is 21.0. The Morgan fingerprint density at radius 3 is 1.74 bits per heavy atom. The Bertz CT molecular complexity index is 1540. The fourth-order valence-corrected chi connectivity index (χ4v) is 6.37. The Morgan fingerprint density at radius 1 is 0.660 bits per heavy atom. The van der Waals surface area contributed by atoms with Crippen LogP contribution in [0.25, 0.3) is 0 Å². The van der Waals surface area contributed by atoms with Crippen LogP contribution < -0.4 is 5.32 Å². The monoisotopic (exact) mass is 703 g/mol. The molecule has 5 N–H and O–H groups in total. The number of carboxylic acids is 4. The predicted molar refractivity (Wildman–Crippen MR) is 189 cm³/mol. The average Bonchev–Trinajstić information content (AvgIpc) is 3.25. The van der Waals surface area contributed by atoms with Crippen LogP contribution >= 0.6 is 11.8 Å². The molecule has 0 bridgehead atoms. The maximum absolute atomic E-state index is 13.0. The zero-order valence-electron chi connectivity index (χ0n) is 27.4. The normalized spacial score (nSPS) is 15.6. The van der Waals surface area contributed by atoms with Gasteiger partial charge >= 0.3 is 23.9 Å². The number of hydrogen-bond acceptors (Lipinski definition) is 8. The molecule has 3 aromatic rings. The largest absolute Gasteiger partial charge is 0.478 e. The van der Waals surface area contributed by atoms with E-state index in [0.29, 0.717) is 30.7 Å². The third kappa shape index (κ3) is 14.5. The minimum Gasteiger partial charge on any atom is -0.478 e. The SMILES string of the molecule is O=C(CCCN1CCN(Cc2ccccc2)CC1)NC1c2ccccc2CSc2ccccc21.O=C(O)/C=C\C(=O)O.O=C(O)/C=C\C(=O)O. The van der Waals surface area contributed by atoms with Crippen LogP contribution in [-0.2, 0) is 36.3 Å². The Morgan fingerprint density at radius 2 is 1.16 bits per heavy atom. The highest BCUT2D eigenvalue weighted by atomic mass is 32.2. The number of rotatable bonds is 11. The quantitative estimate of drug-likeness (QED) is 0.176. The molecular weight excluding hydrogens is 662 g/mol. The van der Waals surface area contributed by atoms with Crippen molar-refractivity contribution in [1.29, 1.82) is 0 Å². The number of piperazine rings is 1. The molecule has 1 fully saturated rings. The number of nitrogens with one attached hydrogen (secondary N) is 1. The number of amides is 1. The zero-order valence-corrected chi connectivity index (χ0v) is 28.2. The van der Waals surface area contributed by atoms with Gasteiger partial charge in [-0.2, -0.15) is 0 Å². The van der Waals surface area contributed by atoms with Gasteiger partial charge in [-0.25, -0.2) is 19.2 Å². The number of benzene rings is 3. The Kier molecular flexibility index (Phi) is 16.4. The van der Waals surface area contributed by atoms with Gasteiger partial charge in [-0.15, -0.1) is 11.8 Å². The number of nitrogens with zero attached hydrogens (tertiary/aromatic N) is 2. The van der Waals surface area contributed by atoms with Crippen molar-refractivity contribution in [3.63, 3.8) is 0 Å². The van der Waals surface area contributed by atoms with Gasteiger partial charge in [0, 0.05) is 74.1 Å². The van der Waals surface area contributed by atoms with Gasteiger partial charge in [-0.3, -0.25) is 9.69 Å². The second-order valence-corrected chi connectivity index (χ2v) is 12.3. The van der Waals surface area contributed by atoms with Gasteiger partial charge in [0.1, 0.15) is 0 Å². The first-order chi connectivity index (χ1) is 24.0. The Labute approximate surface area is 294 Å². The fraction of sp³-hybridized carbons (Fsp3) is 0.270. The van der Waals surface area contributed by atoms with E-state index in [1.807, 2.05) is 11.8 Å². The van der Waals surface area contributed by atoms with Crippen LogP contribution in [0, 0.1) is 0 Å². The van der Waals surface area contributed by atoms with E-state index in [0.717, 1.165) is 51.4 Å². The summed E-state index contributed by atoms with van der Waals surface area (Å²) in [4.78, 5) is 57.5. The summed E-state index contributed by atoms with van der Waals surface area (Å²) >= 11 is 1.86. The minimum atomic E-state index is -1.26. The first kappa shape index (κ1) is 39.2. The maximum Gasteiger partial charge on any atom is 0.328 e. The van der Waals surface area contributed by atoms with Crippen LogP contribution in [0.3, 0.4) is 0 Å². The number of fused-ring (bicyclic) bond motifs is 2. The summed E-state index contributed by atoms with van der Waals surface area (Å²) in [6.45, 7) is 6.35. The fourth-order valence-electron chi connectivity index (χ4n) is 5.27. The summed E-state index contributed by atoms with van der Waals surface area (Å²) < 4.78 is 0. The minimum absolute atomic E-state index is 0.0727. The van der Waals surface area contributed by atoms with Gasteiger partial charge in [0.05, 0.1) is 6.04 Å². The van der Waals surface area contributed by atoms with Gasteiger partial charge in [0.2, 0.25) is 5.91 Å². The molecule has 5 rings (SSSR count). The molecule has 264 valence electrons. The first-order valence-electron chi connectivity index (χ1n) is 15.9. The van der Waals surface area contributed by atoms with E-state index in [-0.39, 0.29) is 11.9 Å². The van der Waals surface area contributed by atoms with Gasteiger partial charge < -0.3 is 30.6 Å². The highest BCUT2D eigenvalue weighted by molar-refractivity contribution is 7.98. The molecule has 3 aromatic carbocycles. The summed E-state index contributed by atoms with van der Waals surface area (Å²) in [6.07, 6.45) is 3.70. The molecule has 12 nitrogen and oxygen atoms in total. The van der Waals surface area contributed by atoms with Crippen molar-refractivity contribution in [2.45, 2.75) is 36.1 Å². The number of hydrogen-bond donors (Lipinski definition) is 5. The predicted octanol–water partition coefficient (Wildman–Crippen LogP) is 4.52. The van der Waals surface area contributed by atoms with Crippen molar-refractivity contribution >= 4 is 41.5 Å². The molecule has 2 heterocycles. The van der Waals surface area contributed by atoms with E-state index in [1.54, 1.807) is 0 Å². The second-order valence-electron chi connectivity index (χ2n) is 11.3. The first-order valence-corrected chi connectivity index (χ1v) is 16.9. The molecule has 1 atom stereocenters. The molecule has 0 aliphatic carbocycles. The molecule has 1 saturated heterocycles. The number of carbonyl (C=O) groups is 5. The van der Waals surface area contributed by atoms with Crippen molar-refractivity contribution in [2.24, 2.45) is 0 Å². The van der Waals surface area contributed by atoms with Gasteiger partial charge in [0.15, 0.2) is 0 Å². The third-order valence-corrected chi connectivity index (χ3v) is 8.75. The van der Waals surface area contributed by atoms with Crippen LogP contribution in [-0.4, -0.2) is 92.7 Å². The molecule has 0 spiro atoms. The van der Waals surface area contributed by atoms with Crippen molar-refractivity contribution in [3.8, 4) is 0 Å². The lowest BCUT2D eigenvalue weighted by molar-refractivity contribution is -0.134. The van der Waals surface area contributed by atoms with Crippen LogP contribution in [0.1, 0.15) is 41.1 Å². The highest BCUT2D eigenvalue weighted by Gasteiger charge is 2.25. The number of carboxylic acid groups (broad SMARTS) is 4. The van der Waals surface area contributed by atoms with Gasteiger partial charge in [-0.05, 0) is 41.3 Å². The molecule has 2 aliphatic heterocycles. The van der Waals surface area contributed by atoms with Crippen molar-refractivity contribution < 1.29 is 44.4 Å². The standard InChI is InChI=1S/C29H33N3OS.2C4H4O4/c33-28(15-8-16-31-17-19-32(20-18-31)21-23-9-2-1-3-10-23)30-29-25-12-5-4-11-24(25)22-34-27-14-7-6-13-26(27)29;2*5-3(6)1-2-4(7)8/h1-7,9-14,29H,8,15-22H2,(H,30,33);2*1-2H,(H,5,6)(H,7,8)/b;2*2-1-. The van der Waals surface area contributed by atoms with E-state index in [2.05, 4.69) is 94.0 Å². The lowest BCUT2D eigenvalue weighted by Crippen LogP contribution is -2.46. The number of carbonyl (C=O) groups excluding carboxylic acids is 1. The third-order valence-electron chi connectivity index (χ3n) is 7.61. The van der Waals surface area contributed by atoms with Crippen LogP contribution in [0.4, 0.5) is 0 Å². The van der Waals surface area contributed by atoms with Gasteiger partial charge in [0.25, 0.3) is 0 Å². The van der Waals surface area contributed by atoms with Crippen LogP contribution in [0.15, 0.2) is 108 Å². The molecule has 0 saturated carbocycles. The summed E-state index contributed by atoms with van der Waals surface area (Å²) in [5.74, 6) is -3.95. The lowest BCUT2D eigenvalue weighted by Gasteiger charge is -2.34. The topological polar surface area (TPSA) is 185 Å². The molecule has 50 heavy (non-hydrogen) atoms. The zero-order chi connectivity index (χ0) is 36.3. The summed E-state index contributed by atoms with van der Waals surface area (Å²) in [7, 11) is 0. The molecule has 1 amide bonds. The Balaban J connectivity index is 0.000000352. The highest BCUT2D eigenvalue weighted by Crippen LogP contribution is 2.39. The molecular formula is C37H41N3O9S. The maximum atomic E-state index is 13.0. The molecule has 1 unspecified atom stereocenters.